The molecule has 0 rings (SSSR count). The van der Waals surface area contributed by atoms with Gasteiger partial charge in [0.05, 0.1) is 0 Å². The van der Waals surface area contributed by atoms with Crippen molar-refractivity contribution in [1.82, 2.24) is 0 Å². The molecule has 2 heteroatoms. The normalized spacial score (nSPS) is 14.0. The van der Waals surface area contributed by atoms with Gasteiger partial charge in [-0.25, -0.2) is 0 Å². The summed E-state index contributed by atoms with van der Waals surface area (Å²) in [5.74, 6) is 0. The lowest BCUT2D eigenvalue weighted by molar-refractivity contribution is 0.132. The van der Waals surface area contributed by atoms with E-state index in [2.05, 4.69) is 13.8 Å². The van der Waals surface area contributed by atoms with E-state index in [1.165, 1.54) is 23.1 Å². The third-order valence-electron chi connectivity index (χ3n) is 1.09. The summed E-state index contributed by atoms with van der Waals surface area (Å²) >= 11 is 0. The van der Waals surface area contributed by atoms with Crippen LogP contribution in [0.1, 0.15) is 26.7 Å². The van der Waals surface area contributed by atoms with Crippen molar-refractivity contribution < 1.29 is 4.74 Å². The second-order valence-corrected chi connectivity index (χ2v) is 4.79. The van der Waals surface area contributed by atoms with Gasteiger partial charge in [-0.15, -0.1) is 0 Å². The molecule has 0 saturated heterocycles. The third kappa shape index (κ3) is 8.18. The van der Waals surface area contributed by atoms with E-state index in [9.17, 15) is 0 Å². The molecule has 0 heterocycles. The maximum absolute atomic E-state index is 5.37. The fourth-order valence-electron chi connectivity index (χ4n) is 0.565. The zero-order valence-corrected chi connectivity index (χ0v) is 8.81. The first-order valence-electron chi connectivity index (χ1n) is 3.85. The van der Waals surface area contributed by atoms with Gasteiger partial charge in [0, 0.05) is 23.5 Å². The molecule has 0 aliphatic rings. The van der Waals surface area contributed by atoms with Crippen molar-refractivity contribution in [2.75, 3.05) is 13.2 Å². The smallest absolute Gasteiger partial charge is 0.0465 e. The molecule has 0 radical (unpaired) electrons. The van der Waals surface area contributed by atoms with E-state index in [0.717, 1.165) is 18.8 Å². The van der Waals surface area contributed by atoms with Gasteiger partial charge in [-0.2, -0.15) is 0 Å². The van der Waals surface area contributed by atoms with Crippen molar-refractivity contribution in [1.29, 1.82) is 0 Å². The summed E-state index contributed by atoms with van der Waals surface area (Å²) in [5.41, 5.74) is 0.821. The van der Waals surface area contributed by atoms with Crippen molar-refractivity contribution in [2.24, 2.45) is 0 Å². The van der Waals surface area contributed by atoms with Crippen LogP contribution < -0.4 is 0 Å². The van der Waals surface area contributed by atoms with Crippen molar-refractivity contribution in [3.8, 4) is 0 Å². The van der Waals surface area contributed by atoms with Gasteiger partial charge >= 0.3 is 0 Å². The molecule has 0 aliphatic carbocycles. The lowest BCUT2D eigenvalue weighted by Gasteiger charge is -2.04. The minimum Gasteiger partial charge on any atom is -0.382 e. The molecule has 0 aliphatic heterocycles. The summed E-state index contributed by atoms with van der Waals surface area (Å²) in [6.45, 7) is 6.36. The zero-order valence-electron chi connectivity index (χ0n) is 6.81. The molecule has 0 amide bonds. The van der Waals surface area contributed by atoms with Gasteiger partial charge in [0.15, 0.2) is 0 Å². The first-order valence-corrected chi connectivity index (χ1v) is 5.00. The van der Waals surface area contributed by atoms with Crippen LogP contribution in [0.5, 0.6) is 0 Å². The standard InChI is InChI=1S/C7H18OSi/c1-3-4-5-8-6-7(2)9/h7H,3-6H2,1-2,9H3. The van der Waals surface area contributed by atoms with Crippen LogP contribution in [-0.2, 0) is 4.74 Å². The van der Waals surface area contributed by atoms with Gasteiger partial charge in [-0.05, 0) is 12.0 Å². The van der Waals surface area contributed by atoms with Gasteiger partial charge in [0.1, 0.15) is 0 Å². The molecule has 9 heavy (non-hydrogen) atoms. The molecule has 1 nitrogen and oxygen atoms in total. The molecule has 0 aromatic heterocycles. The predicted molar refractivity (Wildman–Crippen MR) is 45.1 cm³/mol. The Balaban J connectivity index is 2.75. The predicted octanol–water partition coefficient (Wildman–Crippen LogP) is 0.977. The summed E-state index contributed by atoms with van der Waals surface area (Å²) in [5, 5.41) is 0. The van der Waals surface area contributed by atoms with Gasteiger partial charge < -0.3 is 4.74 Å². The Morgan fingerprint density at radius 1 is 1.56 bits per heavy atom. The second-order valence-electron chi connectivity index (χ2n) is 2.82. The Hall–Kier alpha value is 0.177. The summed E-state index contributed by atoms with van der Waals surface area (Å²) in [6.07, 6.45) is 2.46. The van der Waals surface area contributed by atoms with Crippen LogP contribution in [0, 0.1) is 0 Å². The van der Waals surface area contributed by atoms with Gasteiger partial charge in [0.2, 0.25) is 0 Å². The average Bonchev–Trinajstić information content (AvgIpc) is 1.80. The van der Waals surface area contributed by atoms with E-state index in [1.807, 2.05) is 0 Å². The Bertz CT molecular complexity index is 54.9. The molecular weight excluding hydrogens is 128 g/mol. The quantitative estimate of drug-likeness (QED) is 0.415. The van der Waals surface area contributed by atoms with E-state index < -0.39 is 0 Å². The van der Waals surface area contributed by atoms with Crippen LogP contribution in [0.4, 0.5) is 0 Å². The number of ether oxygens (including phenoxy) is 1. The maximum atomic E-state index is 5.37. The number of rotatable bonds is 5. The Morgan fingerprint density at radius 2 is 2.22 bits per heavy atom. The van der Waals surface area contributed by atoms with Crippen molar-refractivity contribution in [2.45, 2.75) is 32.2 Å². The molecule has 1 unspecified atom stereocenters. The lowest BCUT2D eigenvalue weighted by atomic mass is 10.4. The SMILES string of the molecule is CCCCOCC(C)[SiH3]. The molecule has 56 valence electrons. The van der Waals surface area contributed by atoms with Crippen LogP contribution in [-0.4, -0.2) is 23.5 Å². The minimum absolute atomic E-state index is 0.821. The molecular formula is C7H18OSi. The highest BCUT2D eigenvalue weighted by Gasteiger charge is 1.91. The van der Waals surface area contributed by atoms with E-state index in [1.54, 1.807) is 0 Å². The van der Waals surface area contributed by atoms with E-state index in [-0.39, 0.29) is 0 Å². The summed E-state index contributed by atoms with van der Waals surface area (Å²) < 4.78 is 5.37. The largest absolute Gasteiger partial charge is 0.382 e. The van der Waals surface area contributed by atoms with Crippen molar-refractivity contribution in [3.63, 3.8) is 0 Å². The molecule has 0 aromatic carbocycles. The summed E-state index contributed by atoms with van der Waals surface area (Å²) in [6, 6.07) is 0. The Kier molecular flexibility index (Phi) is 6.42. The van der Waals surface area contributed by atoms with E-state index in [4.69, 9.17) is 4.74 Å². The van der Waals surface area contributed by atoms with Crippen LogP contribution in [0.2, 0.25) is 5.54 Å². The molecule has 0 bridgehead atoms. The van der Waals surface area contributed by atoms with Gasteiger partial charge in [0.25, 0.3) is 0 Å². The lowest BCUT2D eigenvalue weighted by Crippen LogP contribution is -2.01. The Labute approximate surface area is 61.2 Å². The van der Waals surface area contributed by atoms with E-state index in [0.29, 0.717) is 0 Å². The summed E-state index contributed by atoms with van der Waals surface area (Å²) in [4.78, 5) is 0. The molecule has 0 saturated carbocycles. The first-order chi connectivity index (χ1) is 4.27. The topological polar surface area (TPSA) is 9.23 Å². The summed E-state index contributed by atoms with van der Waals surface area (Å²) in [7, 11) is 1.26. The van der Waals surface area contributed by atoms with Crippen LogP contribution >= 0.6 is 0 Å². The molecule has 0 spiro atoms. The second kappa shape index (κ2) is 6.30. The van der Waals surface area contributed by atoms with Crippen LogP contribution in [0.3, 0.4) is 0 Å². The molecule has 0 fully saturated rings. The van der Waals surface area contributed by atoms with Gasteiger partial charge in [-0.1, -0.05) is 20.3 Å². The minimum atomic E-state index is 0.821. The van der Waals surface area contributed by atoms with Crippen LogP contribution in [0.15, 0.2) is 0 Å². The van der Waals surface area contributed by atoms with Crippen LogP contribution in [0.25, 0.3) is 0 Å². The monoisotopic (exact) mass is 146 g/mol. The number of hydrogen-bond donors (Lipinski definition) is 0. The first kappa shape index (κ1) is 9.18. The average molecular weight is 146 g/mol. The van der Waals surface area contributed by atoms with Crippen molar-refractivity contribution in [3.05, 3.63) is 0 Å². The number of unbranched alkanes of at least 4 members (excludes halogenated alkanes) is 1. The highest BCUT2D eigenvalue weighted by atomic mass is 28.1. The van der Waals surface area contributed by atoms with Gasteiger partial charge in [-0.3, -0.25) is 0 Å². The fourth-order valence-corrected chi connectivity index (χ4v) is 0.801. The highest BCUT2D eigenvalue weighted by molar-refractivity contribution is 6.11. The fraction of sp³-hybridized carbons (Fsp3) is 1.00. The van der Waals surface area contributed by atoms with E-state index >= 15 is 0 Å². The molecule has 0 N–H and O–H groups in total. The molecule has 0 aromatic rings. The number of hydrogen-bond acceptors (Lipinski definition) is 1. The zero-order chi connectivity index (χ0) is 7.11. The molecule has 1 atom stereocenters. The third-order valence-corrected chi connectivity index (χ3v) is 1.43. The van der Waals surface area contributed by atoms with Crippen molar-refractivity contribution >= 4 is 10.2 Å². The maximum Gasteiger partial charge on any atom is 0.0465 e. The highest BCUT2D eigenvalue weighted by Crippen LogP contribution is 1.96. The Morgan fingerprint density at radius 3 is 2.67 bits per heavy atom.